The van der Waals surface area contributed by atoms with E-state index in [1.807, 2.05) is 0 Å². The van der Waals surface area contributed by atoms with Gasteiger partial charge in [-0.1, -0.05) is 12.1 Å². The number of halogens is 1. The van der Waals surface area contributed by atoms with Crippen molar-refractivity contribution in [1.29, 1.82) is 0 Å². The number of carbonyl (C=O) groups is 1. The van der Waals surface area contributed by atoms with Gasteiger partial charge in [0, 0.05) is 17.5 Å². The predicted molar refractivity (Wildman–Crippen MR) is 62.4 cm³/mol. The molecule has 0 N–H and O–H groups in total. The summed E-state index contributed by atoms with van der Waals surface area (Å²) in [5.41, 5.74) is 1.53. The van der Waals surface area contributed by atoms with E-state index in [1.165, 1.54) is 18.2 Å². The third-order valence-corrected chi connectivity index (χ3v) is 2.67. The summed E-state index contributed by atoms with van der Waals surface area (Å²) in [6.07, 6.45) is 2.64. The van der Waals surface area contributed by atoms with Crippen molar-refractivity contribution in [2.24, 2.45) is 0 Å². The number of hydrogen-bond donors (Lipinski definition) is 0. The summed E-state index contributed by atoms with van der Waals surface area (Å²) in [5, 5.41) is 10.9. The van der Waals surface area contributed by atoms with E-state index in [-0.39, 0.29) is 40.9 Å². The van der Waals surface area contributed by atoms with E-state index in [0.717, 1.165) is 5.56 Å². The number of carbonyl (C=O) groups excluding carboxylic acids is 1. The summed E-state index contributed by atoms with van der Waals surface area (Å²) in [4.78, 5) is 14.9. The molecule has 0 saturated carbocycles. The summed E-state index contributed by atoms with van der Waals surface area (Å²) in [6, 6.07) is 9.16. The topological polar surface area (TPSA) is 53.0 Å². The Morgan fingerprint density at radius 1 is 1.16 bits per heavy atom. The van der Waals surface area contributed by atoms with E-state index in [1.54, 1.807) is 24.4 Å². The van der Waals surface area contributed by atoms with Crippen molar-refractivity contribution in [3.63, 3.8) is 0 Å². The molecule has 0 spiro atoms. The van der Waals surface area contributed by atoms with Crippen LogP contribution in [0.3, 0.4) is 0 Å². The van der Waals surface area contributed by atoms with Gasteiger partial charge in [0.2, 0.25) is 0 Å². The third-order valence-electron chi connectivity index (χ3n) is 2.67. The van der Waals surface area contributed by atoms with Gasteiger partial charge in [-0.25, -0.2) is 4.39 Å². The fraction of sp³-hybridized carbons (Fsp3) is 0.143. The van der Waals surface area contributed by atoms with Crippen LogP contribution in [0, 0.1) is 5.82 Å². The number of pyridine rings is 1. The molecule has 2 aromatic rings. The molecule has 1 aromatic carbocycles. The van der Waals surface area contributed by atoms with E-state index < -0.39 is 5.97 Å². The molecule has 1 heterocycles. The molecule has 0 aliphatic carbocycles. The van der Waals surface area contributed by atoms with Crippen molar-refractivity contribution < 1.29 is 43.8 Å². The molecule has 0 saturated heterocycles. The number of carboxylic acid groups (broad SMARTS) is 1. The minimum Gasteiger partial charge on any atom is -0.545 e. The molecule has 0 unspecified atom stereocenters. The number of aryl methyl sites for hydroxylation is 2. The zero-order valence-corrected chi connectivity index (χ0v) is 12.6. The standard InChI is InChI=1S/C14H12FNO2.Na/c15-11-6-3-10(4-7-11)5-8-13-12(14(17)18)2-1-9-16-13;/h1-4,6-7,9H,5,8H2,(H,17,18);/q;+1/p-1. The van der Waals surface area contributed by atoms with Gasteiger partial charge in [-0.3, -0.25) is 4.98 Å². The molecule has 2 rings (SSSR count). The van der Waals surface area contributed by atoms with E-state index in [4.69, 9.17) is 0 Å². The van der Waals surface area contributed by atoms with Crippen molar-refractivity contribution >= 4 is 5.97 Å². The number of aromatic nitrogens is 1. The first kappa shape index (κ1) is 15.8. The smallest absolute Gasteiger partial charge is 0.545 e. The van der Waals surface area contributed by atoms with Crippen LogP contribution in [0.15, 0.2) is 42.6 Å². The Morgan fingerprint density at radius 3 is 2.47 bits per heavy atom. The molecule has 3 nitrogen and oxygen atoms in total. The van der Waals surface area contributed by atoms with Crippen LogP contribution in [0.1, 0.15) is 21.6 Å². The van der Waals surface area contributed by atoms with Crippen molar-refractivity contribution in [3.8, 4) is 0 Å². The number of nitrogens with zero attached hydrogens (tertiary/aromatic N) is 1. The number of rotatable bonds is 4. The molecule has 0 bridgehead atoms. The van der Waals surface area contributed by atoms with Crippen LogP contribution in [0.4, 0.5) is 4.39 Å². The molecule has 0 fully saturated rings. The van der Waals surface area contributed by atoms with E-state index in [0.29, 0.717) is 18.5 Å². The number of hydrogen-bond acceptors (Lipinski definition) is 3. The average molecular weight is 267 g/mol. The van der Waals surface area contributed by atoms with Gasteiger partial charge in [0.15, 0.2) is 0 Å². The minimum atomic E-state index is -1.22. The summed E-state index contributed by atoms with van der Waals surface area (Å²) in [7, 11) is 0. The Morgan fingerprint density at radius 2 is 1.84 bits per heavy atom. The fourth-order valence-electron chi connectivity index (χ4n) is 1.74. The van der Waals surface area contributed by atoms with Crippen LogP contribution < -0.4 is 34.7 Å². The van der Waals surface area contributed by atoms with Gasteiger partial charge < -0.3 is 9.90 Å². The van der Waals surface area contributed by atoms with E-state index in [2.05, 4.69) is 4.98 Å². The minimum absolute atomic E-state index is 0. The zero-order chi connectivity index (χ0) is 13.0. The van der Waals surface area contributed by atoms with Crippen molar-refractivity contribution in [3.05, 3.63) is 65.2 Å². The van der Waals surface area contributed by atoms with Gasteiger partial charge in [0.25, 0.3) is 0 Å². The predicted octanol–water partition coefficient (Wildman–Crippen LogP) is -1.63. The Kier molecular flexibility index (Phi) is 6.15. The van der Waals surface area contributed by atoms with Gasteiger partial charge in [-0.2, -0.15) is 0 Å². The molecular weight excluding hydrogens is 256 g/mol. The summed E-state index contributed by atoms with van der Waals surface area (Å²) in [5.74, 6) is -1.51. The van der Waals surface area contributed by atoms with Crippen LogP contribution in [0.2, 0.25) is 0 Å². The summed E-state index contributed by atoms with van der Waals surface area (Å²) in [6.45, 7) is 0. The Labute approximate surface area is 132 Å². The Bertz CT molecular complexity index is 558. The maximum atomic E-state index is 12.7. The molecule has 0 aliphatic rings. The number of carboxylic acids is 1. The molecule has 19 heavy (non-hydrogen) atoms. The van der Waals surface area contributed by atoms with Crippen LogP contribution in [-0.4, -0.2) is 11.0 Å². The molecule has 92 valence electrons. The van der Waals surface area contributed by atoms with E-state index in [9.17, 15) is 14.3 Å². The maximum Gasteiger partial charge on any atom is 1.00 e. The molecule has 5 heteroatoms. The third kappa shape index (κ3) is 4.42. The maximum absolute atomic E-state index is 12.7. The van der Waals surface area contributed by atoms with Gasteiger partial charge >= 0.3 is 29.6 Å². The number of benzene rings is 1. The van der Waals surface area contributed by atoms with Crippen LogP contribution in [0.25, 0.3) is 0 Å². The first-order valence-corrected chi connectivity index (χ1v) is 5.56. The van der Waals surface area contributed by atoms with Crippen molar-refractivity contribution in [2.45, 2.75) is 12.8 Å². The zero-order valence-electron chi connectivity index (χ0n) is 10.6. The monoisotopic (exact) mass is 267 g/mol. The first-order valence-electron chi connectivity index (χ1n) is 5.56. The van der Waals surface area contributed by atoms with Gasteiger partial charge in [0.1, 0.15) is 5.82 Å². The van der Waals surface area contributed by atoms with Crippen molar-refractivity contribution in [1.82, 2.24) is 4.98 Å². The quantitative estimate of drug-likeness (QED) is 0.625. The van der Waals surface area contributed by atoms with Crippen LogP contribution in [0.5, 0.6) is 0 Å². The Hall–Kier alpha value is -1.23. The SMILES string of the molecule is O=C([O-])c1cccnc1CCc1ccc(F)cc1.[Na+]. The molecule has 0 aliphatic heterocycles. The number of aromatic carboxylic acids is 1. The summed E-state index contributed by atoms with van der Waals surface area (Å²) >= 11 is 0. The Balaban J connectivity index is 0.00000180. The second kappa shape index (κ2) is 7.38. The van der Waals surface area contributed by atoms with E-state index >= 15 is 0 Å². The molecule has 0 amide bonds. The van der Waals surface area contributed by atoms with Crippen LogP contribution >= 0.6 is 0 Å². The largest absolute Gasteiger partial charge is 1.00 e. The first-order chi connectivity index (χ1) is 8.66. The second-order valence-electron chi connectivity index (χ2n) is 3.91. The molecular formula is C14H11FNNaO2. The molecule has 0 atom stereocenters. The van der Waals surface area contributed by atoms with Crippen LogP contribution in [-0.2, 0) is 12.8 Å². The van der Waals surface area contributed by atoms with Gasteiger partial charge in [-0.15, -0.1) is 0 Å². The van der Waals surface area contributed by atoms with Gasteiger partial charge in [0.05, 0.1) is 5.97 Å². The fourth-order valence-corrected chi connectivity index (χ4v) is 1.74. The normalized spacial score (nSPS) is 9.74. The second-order valence-corrected chi connectivity index (χ2v) is 3.91. The van der Waals surface area contributed by atoms with Gasteiger partial charge in [-0.05, 0) is 42.7 Å². The summed E-state index contributed by atoms with van der Waals surface area (Å²) < 4.78 is 12.7. The average Bonchev–Trinajstić information content (AvgIpc) is 2.38. The molecule has 0 radical (unpaired) electrons. The van der Waals surface area contributed by atoms with Crippen molar-refractivity contribution in [2.75, 3.05) is 0 Å². The molecule has 1 aromatic heterocycles.